The molecule has 1 aromatic rings. The van der Waals surface area contributed by atoms with E-state index in [0.717, 1.165) is 4.47 Å². The van der Waals surface area contributed by atoms with Gasteiger partial charge >= 0.3 is 12.1 Å². The summed E-state index contributed by atoms with van der Waals surface area (Å²) in [4.78, 5) is 23.4. The van der Waals surface area contributed by atoms with Gasteiger partial charge in [0.15, 0.2) is 0 Å². The first-order valence-corrected chi connectivity index (χ1v) is 7.76. The van der Waals surface area contributed by atoms with Crippen molar-refractivity contribution < 1.29 is 32.2 Å². The van der Waals surface area contributed by atoms with Crippen molar-refractivity contribution in [1.82, 2.24) is 5.32 Å². The van der Waals surface area contributed by atoms with Gasteiger partial charge < -0.3 is 14.8 Å². The third kappa shape index (κ3) is 8.30. The number of carbonyl (C=O) groups excluding carboxylic acids is 2. The van der Waals surface area contributed by atoms with Crippen LogP contribution < -0.4 is 5.32 Å². The predicted octanol–water partition coefficient (Wildman–Crippen LogP) is 3.14. The lowest BCUT2D eigenvalue weighted by Gasteiger charge is -2.18. The second-order valence-corrected chi connectivity index (χ2v) is 5.79. The van der Waals surface area contributed by atoms with Crippen molar-refractivity contribution in [2.75, 3.05) is 20.3 Å². The fourth-order valence-electron chi connectivity index (χ4n) is 1.84. The molecular formula is C15H17BrF3NO4. The molecule has 0 bridgehead atoms. The Labute approximate surface area is 145 Å². The Bertz CT molecular complexity index is 566. The summed E-state index contributed by atoms with van der Waals surface area (Å²) in [5.74, 6) is -1.04. The van der Waals surface area contributed by atoms with E-state index >= 15 is 0 Å². The molecule has 0 aliphatic heterocycles. The van der Waals surface area contributed by atoms with Gasteiger partial charge in [-0.25, -0.2) is 0 Å². The SMILES string of the molecule is COC(=O)CC(NC(=O)CCOCC(F)(F)F)c1cccc(Br)c1. The monoisotopic (exact) mass is 411 g/mol. The number of hydrogen-bond acceptors (Lipinski definition) is 4. The van der Waals surface area contributed by atoms with Crippen LogP contribution >= 0.6 is 15.9 Å². The molecule has 0 heterocycles. The van der Waals surface area contributed by atoms with Crippen molar-refractivity contribution in [2.24, 2.45) is 0 Å². The van der Waals surface area contributed by atoms with Crippen molar-refractivity contribution in [3.63, 3.8) is 0 Å². The van der Waals surface area contributed by atoms with E-state index in [0.29, 0.717) is 5.56 Å². The average Bonchev–Trinajstić information content (AvgIpc) is 2.50. The van der Waals surface area contributed by atoms with E-state index in [9.17, 15) is 22.8 Å². The van der Waals surface area contributed by atoms with Crippen LogP contribution in [0.4, 0.5) is 13.2 Å². The first-order chi connectivity index (χ1) is 11.2. The second-order valence-electron chi connectivity index (χ2n) is 4.87. The highest BCUT2D eigenvalue weighted by atomic mass is 79.9. The Morgan fingerprint density at radius 1 is 1.33 bits per heavy atom. The van der Waals surface area contributed by atoms with E-state index in [1.54, 1.807) is 24.3 Å². The molecule has 1 atom stereocenters. The maximum atomic E-state index is 12.0. The lowest BCUT2D eigenvalue weighted by molar-refractivity contribution is -0.174. The van der Waals surface area contributed by atoms with Gasteiger partial charge in [0.05, 0.1) is 26.2 Å². The van der Waals surface area contributed by atoms with E-state index in [4.69, 9.17) is 0 Å². The molecule has 0 aromatic heterocycles. The van der Waals surface area contributed by atoms with Gasteiger partial charge in [-0.1, -0.05) is 28.1 Å². The lowest BCUT2D eigenvalue weighted by Crippen LogP contribution is -2.31. The van der Waals surface area contributed by atoms with Gasteiger partial charge in [-0.15, -0.1) is 0 Å². The molecule has 1 N–H and O–H groups in total. The molecule has 0 saturated heterocycles. The van der Waals surface area contributed by atoms with Crippen LogP contribution in [0.25, 0.3) is 0 Å². The van der Waals surface area contributed by atoms with Gasteiger partial charge in [-0.05, 0) is 17.7 Å². The second kappa shape index (κ2) is 9.63. The summed E-state index contributed by atoms with van der Waals surface area (Å²) >= 11 is 3.29. The minimum atomic E-state index is -4.43. The zero-order valence-electron chi connectivity index (χ0n) is 12.9. The molecule has 24 heavy (non-hydrogen) atoms. The molecular weight excluding hydrogens is 395 g/mol. The summed E-state index contributed by atoms with van der Waals surface area (Å²) < 4.78 is 45.6. The predicted molar refractivity (Wildman–Crippen MR) is 83.1 cm³/mol. The molecule has 0 saturated carbocycles. The molecule has 0 radical (unpaired) electrons. The number of rotatable bonds is 8. The van der Waals surface area contributed by atoms with Crippen molar-refractivity contribution in [2.45, 2.75) is 25.1 Å². The van der Waals surface area contributed by atoms with Gasteiger partial charge in [-0.2, -0.15) is 13.2 Å². The molecule has 1 amide bonds. The van der Waals surface area contributed by atoms with E-state index in [-0.39, 0.29) is 19.4 Å². The summed E-state index contributed by atoms with van der Waals surface area (Å²) in [6, 6.07) is 6.32. The largest absolute Gasteiger partial charge is 0.469 e. The minimum Gasteiger partial charge on any atom is -0.469 e. The van der Waals surface area contributed by atoms with Crippen molar-refractivity contribution >= 4 is 27.8 Å². The quantitative estimate of drug-likeness (QED) is 0.527. The zero-order valence-corrected chi connectivity index (χ0v) is 14.4. The number of carbonyl (C=O) groups is 2. The van der Waals surface area contributed by atoms with E-state index in [2.05, 4.69) is 30.7 Å². The topological polar surface area (TPSA) is 64.6 Å². The molecule has 1 aromatic carbocycles. The Balaban J connectivity index is 2.61. The third-order valence-corrected chi connectivity index (χ3v) is 3.42. The third-order valence-electron chi connectivity index (χ3n) is 2.92. The number of benzene rings is 1. The van der Waals surface area contributed by atoms with E-state index < -0.39 is 30.7 Å². The van der Waals surface area contributed by atoms with Crippen LogP contribution in [-0.2, 0) is 19.1 Å². The molecule has 0 aliphatic rings. The Morgan fingerprint density at radius 3 is 2.62 bits per heavy atom. The molecule has 5 nitrogen and oxygen atoms in total. The van der Waals surface area contributed by atoms with Crippen LogP contribution in [0, 0.1) is 0 Å². The fourth-order valence-corrected chi connectivity index (χ4v) is 2.26. The Hall–Kier alpha value is -1.61. The minimum absolute atomic E-state index is 0.0951. The number of halogens is 4. The number of hydrogen-bond donors (Lipinski definition) is 1. The smallest absolute Gasteiger partial charge is 0.411 e. The molecule has 0 spiro atoms. The van der Waals surface area contributed by atoms with Crippen molar-refractivity contribution in [3.8, 4) is 0 Å². The van der Waals surface area contributed by atoms with Gasteiger partial charge in [0.1, 0.15) is 6.61 Å². The molecule has 1 rings (SSSR count). The van der Waals surface area contributed by atoms with Gasteiger partial charge in [-0.3, -0.25) is 9.59 Å². The molecule has 1 unspecified atom stereocenters. The van der Waals surface area contributed by atoms with Crippen LogP contribution in [0.15, 0.2) is 28.7 Å². The Kier molecular flexibility index (Phi) is 8.20. The number of esters is 1. The Morgan fingerprint density at radius 2 is 2.04 bits per heavy atom. The molecule has 0 aliphatic carbocycles. The van der Waals surface area contributed by atoms with Crippen molar-refractivity contribution in [3.05, 3.63) is 34.3 Å². The van der Waals surface area contributed by atoms with Crippen LogP contribution in [0.5, 0.6) is 0 Å². The zero-order chi connectivity index (χ0) is 18.2. The summed E-state index contributed by atoms with van der Waals surface area (Å²) in [6.45, 7) is -1.77. The van der Waals surface area contributed by atoms with E-state index in [1.807, 2.05) is 0 Å². The number of nitrogens with one attached hydrogen (secondary N) is 1. The normalized spacial score (nSPS) is 12.5. The van der Waals surface area contributed by atoms with Crippen LogP contribution in [0.2, 0.25) is 0 Å². The number of alkyl halides is 3. The van der Waals surface area contributed by atoms with E-state index in [1.165, 1.54) is 7.11 Å². The highest BCUT2D eigenvalue weighted by Crippen LogP contribution is 2.21. The molecule has 9 heteroatoms. The molecule has 134 valence electrons. The highest BCUT2D eigenvalue weighted by molar-refractivity contribution is 9.10. The average molecular weight is 412 g/mol. The maximum Gasteiger partial charge on any atom is 0.411 e. The summed E-state index contributed by atoms with van der Waals surface area (Å²) in [5, 5.41) is 2.60. The first-order valence-electron chi connectivity index (χ1n) is 6.97. The number of amides is 1. The standard InChI is InChI=1S/C15H17BrF3NO4/c1-23-14(22)8-12(10-3-2-4-11(16)7-10)20-13(21)5-6-24-9-15(17,18)19/h2-4,7,12H,5-6,8-9H2,1H3,(H,20,21). The highest BCUT2D eigenvalue weighted by Gasteiger charge is 2.27. The first kappa shape index (κ1) is 20.4. The van der Waals surface area contributed by atoms with Crippen LogP contribution in [0.3, 0.4) is 0 Å². The van der Waals surface area contributed by atoms with Gasteiger partial charge in [0.25, 0.3) is 0 Å². The summed E-state index contributed by atoms with van der Waals surface area (Å²) in [5.41, 5.74) is 0.666. The van der Waals surface area contributed by atoms with Gasteiger partial charge in [0, 0.05) is 10.9 Å². The fraction of sp³-hybridized carbons (Fsp3) is 0.467. The lowest BCUT2D eigenvalue weighted by atomic mass is 10.0. The number of methoxy groups -OCH3 is 1. The van der Waals surface area contributed by atoms with Crippen LogP contribution in [0.1, 0.15) is 24.4 Å². The summed E-state index contributed by atoms with van der Waals surface area (Å²) in [6.07, 6.45) is -4.77. The number of ether oxygens (including phenoxy) is 2. The van der Waals surface area contributed by atoms with Crippen molar-refractivity contribution in [1.29, 1.82) is 0 Å². The van der Waals surface area contributed by atoms with Crippen LogP contribution in [-0.4, -0.2) is 38.4 Å². The molecule has 0 fully saturated rings. The van der Waals surface area contributed by atoms with Gasteiger partial charge in [0.2, 0.25) is 5.91 Å². The maximum absolute atomic E-state index is 12.0. The summed E-state index contributed by atoms with van der Waals surface area (Å²) in [7, 11) is 1.23.